The molecule has 1 aromatic rings. The Labute approximate surface area is 109 Å². The number of rotatable bonds is 4. The maximum atomic E-state index is 4.62. The molecule has 1 fully saturated rings. The number of nitrogens with one attached hydrogen (secondary N) is 1. The minimum Gasteiger partial charge on any atom is -0.358 e. The maximum Gasteiger partial charge on any atom is 0.183 e. The third kappa shape index (κ3) is 3.21. The van der Waals surface area contributed by atoms with Gasteiger partial charge in [-0.05, 0) is 31.1 Å². The third-order valence-electron chi connectivity index (χ3n) is 3.90. The molecule has 3 heteroatoms. The lowest BCUT2D eigenvalue weighted by molar-refractivity contribution is 0.254. The van der Waals surface area contributed by atoms with E-state index in [9.17, 15) is 0 Å². The summed E-state index contributed by atoms with van der Waals surface area (Å²) >= 11 is 1.76. The van der Waals surface area contributed by atoms with Crippen molar-refractivity contribution >= 4 is 16.5 Å². The molecule has 96 valence electrons. The number of hydrogen-bond acceptors (Lipinski definition) is 3. The summed E-state index contributed by atoms with van der Waals surface area (Å²) in [5.41, 5.74) is 1.22. The van der Waals surface area contributed by atoms with Crippen LogP contribution in [0, 0.1) is 11.8 Å². The molecule has 17 heavy (non-hydrogen) atoms. The lowest BCUT2D eigenvalue weighted by Crippen LogP contribution is -2.35. The normalized spacial score (nSPS) is 25.2. The fraction of sp³-hybridized carbons (Fsp3) is 0.786. The molecule has 0 aliphatic heterocycles. The molecular weight excluding hydrogens is 228 g/mol. The first-order valence-corrected chi connectivity index (χ1v) is 7.79. The molecular formula is C14H24N2S. The second-order valence-electron chi connectivity index (χ2n) is 5.44. The van der Waals surface area contributed by atoms with E-state index >= 15 is 0 Å². The summed E-state index contributed by atoms with van der Waals surface area (Å²) in [6.07, 6.45) is 6.49. The van der Waals surface area contributed by atoms with E-state index in [0.717, 1.165) is 23.4 Å². The lowest BCUT2D eigenvalue weighted by Gasteiger charge is -2.34. The van der Waals surface area contributed by atoms with Crippen LogP contribution in [0.25, 0.3) is 0 Å². The zero-order valence-electron chi connectivity index (χ0n) is 11.2. The topological polar surface area (TPSA) is 24.9 Å². The van der Waals surface area contributed by atoms with Gasteiger partial charge in [0.2, 0.25) is 0 Å². The minimum absolute atomic E-state index is 0.639. The van der Waals surface area contributed by atoms with E-state index in [4.69, 9.17) is 0 Å². The highest BCUT2D eigenvalue weighted by atomic mass is 32.1. The monoisotopic (exact) mass is 252 g/mol. The van der Waals surface area contributed by atoms with E-state index < -0.39 is 0 Å². The number of anilines is 1. The predicted octanol–water partition coefficient (Wildman–Crippen LogP) is 4.33. The van der Waals surface area contributed by atoms with Crippen molar-refractivity contribution in [2.45, 2.75) is 58.9 Å². The van der Waals surface area contributed by atoms with Crippen LogP contribution in [-0.2, 0) is 6.42 Å². The molecule has 0 bridgehead atoms. The zero-order valence-corrected chi connectivity index (χ0v) is 12.0. The van der Waals surface area contributed by atoms with Crippen LogP contribution in [0.1, 0.15) is 52.1 Å². The van der Waals surface area contributed by atoms with Gasteiger partial charge in [0, 0.05) is 11.4 Å². The summed E-state index contributed by atoms with van der Waals surface area (Å²) in [7, 11) is 0. The predicted molar refractivity (Wildman–Crippen MR) is 75.7 cm³/mol. The van der Waals surface area contributed by atoms with Crippen molar-refractivity contribution in [1.82, 2.24) is 4.98 Å². The van der Waals surface area contributed by atoms with Gasteiger partial charge in [0.1, 0.15) is 0 Å². The molecule has 1 aliphatic rings. The summed E-state index contributed by atoms with van der Waals surface area (Å²) in [4.78, 5) is 4.62. The van der Waals surface area contributed by atoms with Crippen molar-refractivity contribution in [2.75, 3.05) is 5.32 Å². The highest BCUT2D eigenvalue weighted by Gasteiger charge is 2.27. The highest BCUT2D eigenvalue weighted by molar-refractivity contribution is 7.13. The molecule has 2 unspecified atom stereocenters. The van der Waals surface area contributed by atoms with Crippen molar-refractivity contribution in [2.24, 2.45) is 11.8 Å². The zero-order chi connectivity index (χ0) is 12.3. The van der Waals surface area contributed by atoms with Crippen LogP contribution < -0.4 is 5.32 Å². The molecule has 0 saturated heterocycles. The average Bonchev–Trinajstić information content (AvgIpc) is 2.77. The Morgan fingerprint density at radius 3 is 2.82 bits per heavy atom. The Morgan fingerprint density at radius 1 is 1.41 bits per heavy atom. The summed E-state index contributed by atoms with van der Waals surface area (Å²) in [6, 6.07) is 0.639. The maximum absolute atomic E-state index is 4.62. The van der Waals surface area contributed by atoms with Gasteiger partial charge in [-0.2, -0.15) is 0 Å². The first-order chi connectivity index (χ1) is 8.20. The number of nitrogens with zero attached hydrogens (tertiary/aromatic N) is 1. The van der Waals surface area contributed by atoms with Crippen LogP contribution >= 0.6 is 11.3 Å². The molecule has 2 rings (SSSR count). The lowest BCUT2D eigenvalue weighted by atomic mass is 9.78. The molecule has 1 aliphatic carbocycles. The molecule has 0 amide bonds. The second kappa shape index (κ2) is 5.85. The fourth-order valence-corrected chi connectivity index (χ4v) is 3.69. The van der Waals surface area contributed by atoms with E-state index in [1.807, 2.05) is 0 Å². The van der Waals surface area contributed by atoms with Crippen LogP contribution in [0.15, 0.2) is 5.38 Å². The second-order valence-corrected chi connectivity index (χ2v) is 6.30. The highest BCUT2D eigenvalue weighted by Crippen LogP contribution is 2.32. The van der Waals surface area contributed by atoms with Gasteiger partial charge in [-0.3, -0.25) is 0 Å². The van der Waals surface area contributed by atoms with E-state index in [1.54, 1.807) is 11.3 Å². The summed E-state index contributed by atoms with van der Waals surface area (Å²) < 4.78 is 0. The Balaban J connectivity index is 2.00. The molecule has 1 heterocycles. The van der Waals surface area contributed by atoms with Gasteiger partial charge in [-0.25, -0.2) is 4.98 Å². The SMILES string of the molecule is CCc1csc(NC2CCCCC2C(C)C)n1. The first kappa shape index (κ1) is 12.9. The van der Waals surface area contributed by atoms with Crippen LogP contribution in [0.3, 0.4) is 0 Å². The standard InChI is InChI=1S/C14H24N2S/c1-4-11-9-17-14(15-11)16-13-8-6-5-7-12(13)10(2)3/h9-10,12-13H,4-8H2,1-3H3,(H,15,16). The van der Waals surface area contributed by atoms with Crippen molar-refractivity contribution in [3.63, 3.8) is 0 Å². The first-order valence-electron chi connectivity index (χ1n) is 6.91. The van der Waals surface area contributed by atoms with Crippen LogP contribution in [-0.4, -0.2) is 11.0 Å². The minimum atomic E-state index is 0.639. The van der Waals surface area contributed by atoms with Gasteiger partial charge in [-0.15, -0.1) is 11.3 Å². The largest absolute Gasteiger partial charge is 0.358 e. The van der Waals surface area contributed by atoms with Crippen molar-refractivity contribution in [1.29, 1.82) is 0 Å². The Bertz CT molecular complexity index is 346. The summed E-state index contributed by atoms with van der Waals surface area (Å²) in [5.74, 6) is 1.59. The van der Waals surface area contributed by atoms with Gasteiger partial charge in [0.15, 0.2) is 5.13 Å². The van der Waals surface area contributed by atoms with E-state index in [0.29, 0.717) is 6.04 Å². The molecule has 1 saturated carbocycles. The average molecular weight is 252 g/mol. The van der Waals surface area contributed by atoms with Gasteiger partial charge in [0.05, 0.1) is 5.69 Å². The summed E-state index contributed by atoms with van der Waals surface area (Å²) in [6.45, 7) is 6.87. The smallest absolute Gasteiger partial charge is 0.183 e. The van der Waals surface area contributed by atoms with Crippen LogP contribution in [0.4, 0.5) is 5.13 Å². The molecule has 0 spiro atoms. The quantitative estimate of drug-likeness (QED) is 0.862. The number of hydrogen-bond donors (Lipinski definition) is 1. The van der Waals surface area contributed by atoms with Gasteiger partial charge < -0.3 is 5.32 Å². The Morgan fingerprint density at radius 2 is 2.18 bits per heavy atom. The Kier molecular flexibility index (Phi) is 4.43. The van der Waals surface area contributed by atoms with Crippen LogP contribution in [0.5, 0.6) is 0 Å². The molecule has 1 N–H and O–H groups in total. The number of aromatic nitrogens is 1. The number of thiazole rings is 1. The fourth-order valence-electron chi connectivity index (χ4n) is 2.83. The Hall–Kier alpha value is -0.570. The van der Waals surface area contributed by atoms with Gasteiger partial charge in [0.25, 0.3) is 0 Å². The third-order valence-corrected chi connectivity index (χ3v) is 4.72. The molecule has 0 aromatic carbocycles. The molecule has 1 aromatic heterocycles. The molecule has 2 atom stereocenters. The van der Waals surface area contributed by atoms with Crippen molar-refractivity contribution < 1.29 is 0 Å². The number of aryl methyl sites for hydroxylation is 1. The summed E-state index contributed by atoms with van der Waals surface area (Å²) in [5, 5.41) is 6.97. The van der Waals surface area contributed by atoms with E-state index in [2.05, 4.69) is 36.5 Å². The van der Waals surface area contributed by atoms with E-state index in [-0.39, 0.29) is 0 Å². The van der Waals surface area contributed by atoms with Crippen molar-refractivity contribution in [3.05, 3.63) is 11.1 Å². The molecule has 0 radical (unpaired) electrons. The van der Waals surface area contributed by atoms with Crippen LogP contribution in [0.2, 0.25) is 0 Å². The van der Waals surface area contributed by atoms with Gasteiger partial charge in [-0.1, -0.05) is 33.6 Å². The van der Waals surface area contributed by atoms with Crippen molar-refractivity contribution in [3.8, 4) is 0 Å². The van der Waals surface area contributed by atoms with Gasteiger partial charge >= 0.3 is 0 Å². The molecule has 2 nitrogen and oxygen atoms in total. The van der Waals surface area contributed by atoms with E-state index in [1.165, 1.54) is 31.4 Å².